The first-order valence-corrected chi connectivity index (χ1v) is 7.35. The highest BCUT2D eigenvalue weighted by molar-refractivity contribution is 8.26. The van der Waals surface area contributed by atoms with Crippen molar-refractivity contribution in [3.63, 3.8) is 0 Å². The van der Waals surface area contributed by atoms with Gasteiger partial charge in [0.1, 0.15) is 4.32 Å². The zero-order chi connectivity index (χ0) is 14.7. The number of carbonyl (C=O) groups is 2. The van der Waals surface area contributed by atoms with E-state index in [9.17, 15) is 14.7 Å². The van der Waals surface area contributed by atoms with Crippen LogP contribution < -0.4 is 5.11 Å². The van der Waals surface area contributed by atoms with Crippen molar-refractivity contribution in [2.45, 2.75) is 13.3 Å². The standard InChI is InChI=1S/C13H14N2O3S2/c1-2-14-6-3-9(4-7-14)11-12(18)15(13(19)20-11)8-5-10(16)17/h3-4,6-7H,2,5,8H2,1H3,(H,16,17)/p-1. The Morgan fingerprint density at radius 1 is 1.40 bits per heavy atom. The molecule has 0 spiro atoms. The summed E-state index contributed by atoms with van der Waals surface area (Å²) in [6.07, 6.45) is 7.28. The normalized spacial score (nSPS) is 18.4. The molecule has 1 saturated heterocycles. The minimum atomic E-state index is -1.19. The molecular weight excluding hydrogens is 296 g/mol. The molecule has 0 N–H and O–H groups in total. The van der Waals surface area contributed by atoms with Gasteiger partial charge in [-0.15, -0.1) is 0 Å². The summed E-state index contributed by atoms with van der Waals surface area (Å²) in [5.74, 6) is -1.43. The molecule has 0 saturated carbocycles. The molecule has 7 heteroatoms. The molecule has 0 aliphatic carbocycles. The summed E-state index contributed by atoms with van der Waals surface area (Å²) in [7, 11) is 0. The number of amides is 1. The maximum absolute atomic E-state index is 12.2. The van der Waals surface area contributed by atoms with Crippen LogP contribution in [0.1, 0.15) is 13.3 Å². The number of nitrogens with zero attached hydrogens (tertiary/aromatic N) is 2. The summed E-state index contributed by atoms with van der Waals surface area (Å²) in [6, 6.07) is 0. The van der Waals surface area contributed by atoms with Gasteiger partial charge < -0.3 is 14.8 Å². The number of aliphatic carboxylic acids is 1. The number of carboxylic acids is 1. The van der Waals surface area contributed by atoms with Crippen molar-refractivity contribution >= 4 is 40.2 Å². The van der Waals surface area contributed by atoms with E-state index in [0.717, 1.165) is 12.1 Å². The highest BCUT2D eigenvalue weighted by Gasteiger charge is 2.33. The monoisotopic (exact) mass is 309 g/mol. The molecule has 0 aromatic rings. The Labute approximate surface area is 126 Å². The van der Waals surface area contributed by atoms with Crippen LogP contribution in [0.2, 0.25) is 0 Å². The van der Waals surface area contributed by atoms with E-state index in [0.29, 0.717) is 9.23 Å². The second-order valence-electron chi connectivity index (χ2n) is 4.19. The van der Waals surface area contributed by atoms with Gasteiger partial charge in [0, 0.05) is 37.9 Å². The van der Waals surface area contributed by atoms with Gasteiger partial charge in [-0.1, -0.05) is 24.0 Å². The molecule has 1 fully saturated rings. The number of carboxylic acid groups (broad SMARTS) is 1. The van der Waals surface area contributed by atoms with Crippen molar-refractivity contribution < 1.29 is 14.7 Å². The third-order valence-electron chi connectivity index (χ3n) is 2.91. The Balaban J connectivity index is 2.16. The van der Waals surface area contributed by atoms with E-state index in [2.05, 4.69) is 0 Å². The fourth-order valence-corrected chi connectivity index (χ4v) is 3.12. The SMILES string of the molecule is CCN1C=CC(=C2SC(=S)N(CCC(=O)[O-])C2=O)C=C1. The smallest absolute Gasteiger partial charge is 0.266 e. The first-order valence-electron chi connectivity index (χ1n) is 6.13. The number of thioether (sulfide) groups is 1. The van der Waals surface area contributed by atoms with Crippen LogP contribution in [0.25, 0.3) is 0 Å². The minimum absolute atomic E-state index is 0.0539. The Bertz CT molecular complexity index is 536. The first-order chi connectivity index (χ1) is 9.52. The molecule has 0 radical (unpaired) electrons. The Morgan fingerprint density at radius 2 is 2.05 bits per heavy atom. The lowest BCUT2D eigenvalue weighted by Gasteiger charge is -2.17. The van der Waals surface area contributed by atoms with Crippen LogP contribution in [-0.4, -0.2) is 39.1 Å². The molecule has 1 amide bonds. The molecule has 2 aliphatic rings. The number of allylic oxidation sites excluding steroid dienone is 3. The fourth-order valence-electron chi connectivity index (χ4n) is 1.79. The van der Waals surface area contributed by atoms with Gasteiger partial charge in [0.2, 0.25) is 0 Å². The van der Waals surface area contributed by atoms with Crippen LogP contribution in [0, 0.1) is 0 Å². The third-order valence-corrected chi connectivity index (χ3v) is 4.39. The van der Waals surface area contributed by atoms with Crippen molar-refractivity contribution in [2.24, 2.45) is 0 Å². The summed E-state index contributed by atoms with van der Waals surface area (Å²) >= 11 is 6.33. The number of hydrogen-bond donors (Lipinski definition) is 0. The maximum atomic E-state index is 12.2. The zero-order valence-electron chi connectivity index (χ0n) is 10.9. The molecule has 106 valence electrons. The van der Waals surface area contributed by atoms with Crippen molar-refractivity contribution in [1.29, 1.82) is 0 Å². The molecule has 20 heavy (non-hydrogen) atoms. The van der Waals surface area contributed by atoms with Gasteiger partial charge in [-0.05, 0) is 24.6 Å². The molecule has 0 atom stereocenters. The highest BCUT2D eigenvalue weighted by Crippen LogP contribution is 2.34. The third kappa shape index (κ3) is 3.10. The highest BCUT2D eigenvalue weighted by atomic mass is 32.2. The topological polar surface area (TPSA) is 63.7 Å². The number of rotatable bonds is 4. The van der Waals surface area contributed by atoms with Gasteiger partial charge in [-0.25, -0.2) is 0 Å². The predicted molar refractivity (Wildman–Crippen MR) is 79.2 cm³/mol. The summed E-state index contributed by atoms with van der Waals surface area (Å²) in [6.45, 7) is 2.93. The predicted octanol–water partition coefficient (Wildman–Crippen LogP) is 0.604. The lowest BCUT2D eigenvalue weighted by atomic mass is 10.2. The van der Waals surface area contributed by atoms with Crippen LogP contribution >= 0.6 is 24.0 Å². The fraction of sp³-hybridized carbons (Fsp3) is 0.308. The van der Waals surface area contributed by atoms with Gasteiger partial charge in [-0.3, -0.25) is 9.69 Å². The van der Waals surface area contributed by atoms with Gasteiger partial charge in [0.15, 0.2) is 0 Å². The minimum Gasteiger partial charge on any atom is -0.550 e. The summed E-state index contributed by atoms with van der Waals surface area (Å²) in [4.78, 5) is 26.6. The zero-order valence-corrected chi connectivity index (χ0v) is 12.5. The average Bonchev–Trinajstić information content (AvgIpc) is 2.72. The lowest BCUT2D eigenvalue weighted by molar-refractivity contribution is -0.305. The lowest BCUT2D eigenvalue weighted by Crippen LogP contribution is -2.34. The maximum Gasteiger partial charge on any atom is 0.266 e. The summed E-state index contributed by atoms with van der Waals surface area (Å²) in [5.41, 5.74) is 0.794. The van der Waals surface area contributed by atoms with Gasteiger partial charge >= 0.3 is 0 Å². The Morgan fingerprint density at radius 3 is 2.60 bits per heavy atom. The van der Waals surface area contributed by atoms with Crippen molar-refractivity contribution in [2.75, 3.05) is 13.1 Å². The van der Waals surface area contributed by atoms with Crippen LogP contribution in [0.5, 0.6) is 0 Å². The molecule has 0 aromatic carbocycles. The van der Waals surface area contributed by atoms with E-state index in [1.54, 1.807) is 0 Å². The van der Waals surface area contributed by atoms with E-state index in [1.165, 1.54) is 16.7 Å². The molecule has 0 bridgehead atoms. The number of hydrogen-bond acceptors (Lipinski definition) is 6. The molecule has 5 nitrogen and oxygen atoms in total. The molecule has 2 heterocycles. The number of thiocarbonyl (C=S) groups is 1. The van der Waals surface area contributed by atoms with Gasteiger partial charge in [-0.2, -0.15) is 0 Å². The van der Waals surface area contributed by atoms with Crippen LogP contribution in [0.4, 0.5) is 0 Å². The molecule has 2 aliphatic heterocycles. The molecular formula is C13H13N2O3S2-. The molecule has 0 aromatic heterocycles. The first kappa shape index (κ1) is 14.8. The summed E-state index contributed by atoms with van der Waals surface area (Å²) in [5, 5.41) is 10.5. The van der Waals surface area contributed by atoms with Gasteiger partial charge in [0.05, 0.1) is 4.91 Å². The van der Waals surface area contributed by atoms with Crippen molar-refractivity contribution in [3.05, 3.63) is 35.0 Å². The van der Waals surface area contributed by atoms with E-state index in [1.807, 2.05) is 36.4 Å². The average molecular weight is 309 g/mol. The van der Waals surface area contributed by atoms with Crippen molar-refractivity contribution in [3.8, 4) is 0 Å². The Hall–Kier alpha value is -1.60. The summed E-state index contributed by atoms with van der Waals surface area (Å²) < 4.78 is 0.387. The number of carbonyl (C=O) groups excluding carboxylic acids is 2. The van der Waals surface area contributed by atoms with Crippen LogP contribution in [0.15, 0.2) is 35.0 Å². The molecule has 2 rings (SSSR count). The molecule has 0 unspecified atom stereocenters. The second-order valence-corrected chi connectivity index (χ2v) is 5.84. The largest absolute Gasteiger partial charge is 0.550 e. The van der Waals surface area contributed by atoms with E-state index in [-0.39, 0.29) is 18.9 Å². The Kier molecular flexibility index (Phi) is 4.61. The van der Waals surface area contributed by atoms with E-state index in [4.69, 9.17) is 12.2 Å². The van der Waals surface area contributed by atoms with Crippen LogP contribution in [-0.2, 0) is 9.59 Å². The van der Waals surface area contributed by atoms with E-state index < -0.39 is 5.97 Å². The van der Waals surface area contributed by atoms with Crippen molar-refractivity contribution in [1.82, 2.24) is 9.80 Å². The van der Waals surface area contributed by atoms with E-state index >= 15 is 0 Å². The second kappa shape index (κ2) is 6.23. The quantitative estimate of drug-likeness (QED) is 0.560. The van der Waals surface area contributed by atoms with Crippen LogP contribution in [0.3, 0.4) is 0 Å². The van der Waals surface area contributed by atoms with Gasteiger partial charge in [0.25, 0.3) is 5.91 Å².